The zero-order valence-corrected chi connectivity index (χ0v) is 18.4. The first-order chi connectivity index (χ1) is 15.0. The van der Waals surface area contributed by atoms with Gasteiger partial charge in [0.2, 0.25) is 5.91 Å². The fraction of sp³-hybridized carbons (Fsp3) is 0.269. The first-order valence-electron chi connectivity index (χ1n) is 10.6. The highest BCUT2D eigenvalue weighted by molar-refractivity contribution is 5.83. The average Bonchev–Trinajstić information content (AvgIpc) is 2.78. The van der Waals surface area contributed by atoms with Gasteiger partial charge < -0.3 is 20.7 Å². The summed E-state index contributed by atoms with van der Waals surface area (Å²) in [5.74, 6) is 0.603. The minimum absolute atomic E-state index is 0.0240. The Bertz CT molecular complexity index is 989. The maximum absolute atomic E-state index is 12.6. The molecule has 0 fully saturated rings. The number of carbonyl (C=O) groups is 1. The number of carbonyl (C=O) groups excluding carboxylic acids is 1. The van der Waals surface area contributed by atoms with Crippen molar-refractivity contribution in [3.8, 4) is 5.75 Å². The molecule has 0 aromatic heterocycles. The number of ether oxygens (including phenoxy) is 1. The van der Waals surface area contributed by atoms with E-state index in [2.05, 4.69) is 34.1 Å². The van der Waals surface area contributed by atoms with Gasteiger partial charge in [-0.3, -0.25) is 4.79 Å². The van der Waals surface area contributed by atoms with Gasteiger partial charge in [0.1, 0.15) is 5.75 Å². The normalized spacial score (nSPS) is 11.6. The lowest BCUT2D eigenvalue weighted by Gasteiger charge is -2.15. The summed E-state index contributed by atoms with van der Waals surface area (Å²) in [6, 6.07) is 24.2. The van der Waals surface area contributed by atoms with Crippen molar-refractivity contribution >= 4 is 17.3 Å². The molecule has 31 heavy (non-hydrogen) atoms. The number of aryl methyl sites for hydroxylation is 1. The molecule has 0 aliphatic rings. The molecule has 3 aromatic carbocycles. The Labute approximate surface area is 184 Å². The zero-order chi connectivity index (χ0) is 22.1. The third kappa shape index (κ3) is 6.86. The Morgan fingerprint density at radius 1 is 0.935 bits per heavy atom. The number of hydrogen-bond donors (Lipinski definition) is 3. The number of hydrogen-bond acceptors (Lipinski definition) is 4. The predicted octanol–water partition coefficient (Wildman–Crippen LogP) is 4.76. The summed E-state index contributed by atoms with van der Waals surface area (Å²) in [5.41, 5.74) is 5.22. The van der Waals surface area contributed by atoms with Gasteiger partial charge in [0, 0.05) is 37.1 Å². The summed E-state index contributed by atoms with van der Waals surface area (Å²) in [4.78, 5) is 12.6. The minimum Gasteiger partial charge on any atom is -0.497 e. The van der Waals surface area contributed by atoms with Crippen LogP contribution < -0.4 is 20.7 Å². The molecule has 1 amide bonds. The van der Waals surface area contributed by atoms with Crippen molar-refractivity contribution < 1.29 is 9.53 Å². The van der Waals surface area contributed by atoms with E-state index >= 15 is 0 Å². The van der Waals surface area contributed by atoms with E-state index in [9.17, 15) is 4.79 Å². The molecule has 3 rings (SSSR count). The van der Waals surface area contributed by atoms with E-state index in [1.807, 2.05) is 68.4 Å². The van der Waals surface area contributed by atoms with Gasteiger partial charge in [-0.1, -0.05) is 42.5 Å². The molecule has 0 saturated heterocycles. The highest BCUT2D eigenvalue weighted by Crippen LogP contribution is 2.26. The Kier molecular flexibility index (Phi) is 8.07. The maximum atomic E-state index is 12.6. The molecule has 0 spiro atoms. The van der Waals surface area contributed by atoms with Gasteiger partial charge in [0.15, 0.2) is 0 Å². The molecule has 5 heteroatoms. The molecular formula is C26H31N3O2. The zero-order valence-electron chi connectivity index (χ0n) is 18.4. The van der Waals surface area contributed by atoms with E-state index in [0.29, 0.717) is 6.54 Å². The first-order valence-corrected chi connectivity index (χ1v) is 10.6. The van der Waals surface area contributed by atoms with Crippen LogP contribution in [0, 0.1) is 6.92 Å². The standard InChI is InChI=1S/C26H31N3O2/c1-19-14-24(17-25(15-19)31-3)29-23-11-7-10-22(16-23)20(2)26(30)28-13-12-27-18-21-8-5-4-6-9-21/h4-11,14-17,20,27,29H,12-13,18H2,1-3H3,(H,28,30). The number of anilines is 2. The van der Waals surface area contributed by atoms with Crippen LogP contribution >= 0.6 is 0 Å². The highest BCUT2D eigenvalue weighted by Gasteiger charge is 2.15. The molecule has 162 valence electrons. The Hall–Kier alpha value is -3.31. The van der Waals surface area contributed by atoms with Crippen molar-refractivity contribution in [1.29, 1.82) is 0 Å². The van der Waals surface area contributed by atoms with Crippen molar-refractivity contribution in [3.63, 3.8) is 0 Å². The average molecular weight is 418 g/mol. The summed E-state index contributed by atoms with van der Waals surface area (Å²) in [7, 11) is 1.66. The van der Waals surface area contributed by atoms with Crippen LogP contribution in [-0.2, 0) is 11.3 Å². The third-order valence-electron chi connectivity index (χ3n) is 5.13. The van der Waals surface area contributed by atoms with Crippen LogP contribution in [0.5, 0.6) is 5.75 Å². The second-order valence-corrected chi connectivity index (χ2v) is 7.66. The summed E-state index contributed by atoms with van der Waals surface area (Å²) < 4.78 is 5.35. The monoisotopic (exact) mass is 417 g/mol. The predicted molar refractivity (Wildman–Crippen MR) is 127 cm³/mol. The fourth-order valence-corrected chi connectivity index (χ4v) is 3.40. The highest BCUT2D eigenvalue weighted by atomic mass is 16.5. The second-order valence-electron chi connectivity index (χ2n) is 7.66. The number of rotatable bonds is 10. The molecule has 0 radical (unpaired) electrons. The summed E-state index contributed by atoms with van der Waals surface area (Å²) in [6.45, 7) is 6.08. The van der Waals surface area contributed by atoms with Gasteiger partial charge in [-0.05, 0) is 54.8 Å². The van der Waals surface area contributed by atoms with Crippen LogP contribution in [0.1, 0.15) is 29.5 Å². The molecule has 0 aliphatic heterocycles. The van der Waals surface area contributed by atoms with Crippen LogP contribution in [0.4, 0.5) is 11.4 Å². The molecule has 5 nitrogen and oxygen atoms in total. The van der Waals surface area contributed by atoms with Crippen LogP contribution in [0.15, 0.2) is 72.8 Å². The summed E-state index contributed by atoms with van der Waals surface area (Å²) in [5, 5.41) is 9.78. The van der Waals surface area contributed by atoms with Gasteiger partial charge in [-0.25, -0.2) is 0 Å². The van der Waals surface area contributed by atoms with E-state index in [4.69, 9.17) is 4.74 Å². The molecule has 1 atom stereocenters. The quantitative estimate of drug-likeness (QED) is 0.416. The van der Waals surface area contributed by atoms with E-state index in [0.717, 1.165) is 41.3 Å². The summed E-state index contributed by atoms with van der Waals surface area (Å²) in [6.07, 6.45) is 0. The van der Waals surface area contributed by atoms with Crippen LogP contribution in [-0.4, -0.2) is 26.1 Å². The minimum atomic E-state index is -0.233. The molecule has 0 saturated carbocycles. The van der Waals surface area contributed by atoms with Crippen LogP contribution in [0.25, 0.3) is 0 Å². The smallest absolute Gasteiger partial charge is 0.227 e. The van der Waals surface area contributed by atoms with Gasteiger partial charge in [0.05, 0.1) is 13.0 Å². The number of methoxy groups -OCH3 is 1. The molecule has 3 aromatic rings. The Morgan fingerprint density at radius 2 is 1.74 bits per heavy atom. The van der Waals surface area contributed by atoms with Crippen molar-refractivity contribution in [2.45, 2.75) is 26.3 Å². The van der Waals surface area contributed by atoms with Gasteiger partial charge in [0.25, 0.3) is 0 Å². The molecule has 0 heterocycles. The van der Waals surface area contributed by atoms with E-state index in [1.165, 1.54) is 5.56 Å². The number of amides is 1. The Balaban J connectivity index is 1.51. The van der Waals surface area contributed by atoms with Crippen molar-refractivity contribution in [2.24, 2.45) is 0 Å². The molecule has 0 bridgehead atoms. The molecule has 3 N–H and O–H groups in total. The van der Waals surface area contributed by atoms with E-state index < -0.39 is 0 Å². The first kappa shape index (κ1) is 22.4. The third-order valence-corrected chi connectivity index (χ3v) is 5.13. The molecule has 1 unspecified atom stereocenters. The topological polar surface area (TPSA) is 62.4 Å². The van der Waals surface area contributed by atoms with E-state index in [-0.39, 0.29) is 11.8 Å². The van der Waals surface area contributed by atoms with Crippen LogP contribution in [0.2, 0.25) is 0 Å². The second kappa shape index (κ2) is 11.2. The van der Waals surface area contributed by atoms with E-state index in [1.54, 1.807) is 7.11 Å². The lowest BCUT2D eigenvalue weighted by Crippen LogP contribution is -2.34. The van der Waals surface area contributed by atoms with Crippen LogP contribution in [0.3, 0.4) is 0 Å². The maximum Gasteiger partial charge on any atom is 0.227 e. The molecular weight excluding hydrogens is 386 g/mol. The fourth-order valence-electron chi connectivity index (χ4n) is 3.40. The van der Waals surface area contributed by atoms with Gasteiger partial charge in [-0.2, -0.15) is 0 Å². The lowest BCUT2D eigenvalue weighted by molar-refractivity contribution is -0.122. The number of benzene rings is 3. The lowest BCUT2D eigenvalue weighted by atomic mass is 9.99. The van der Waals surface area contributed by atoms with Crippen molar-refractivity contribution in [3.05, 3.63) is 89.5 Å². The largest absolute Gasteiger partial charge is 0.497 e. The van der Waals surface area contributed by atoms with Crippen molar-refractivity contribution in [1.82, 2.24) is 10.6 Å². The number of nitrogens with one attached hydrogen (secondary N) is 3. The van der Waals surface area contributed by atoms with Gasteiger partial charge >= 0.3 is 0 Å². The van der Waals surface area contributed by atoms with Gasteiger partial charge in [-0.15, -0.1) is 0 Å². The molecule has 0 aliphatic carbocycles. The SMILES string of the molecule is COc1cc(C)cc(Nc2cccc(C(C)C(=O)NCCNCc3ccccc3)c2)c1. The summed E-state index contributed by atoms with van der Waals surface area (Å²) >= 11 is 0. The Morgan fingerprint density at radius 3 is 2.52 bits per heavy atom. The van der Waals surface area contributed by atoms with Crippen molar-refractivity contribution in [2.75, 3.05) is 25.5 Å².